The Balaban J connectivity index is 1.62. The number of amides is 1. The highest BCUT2D eigenvalue weighted by atomic mass is 35.5. The Bertz CT molecular complexity index is 1100. The number of aryl methyl sites for hydroxylation is 1. The van der Waals surface area contributed by atoms with Crippen molar-refractivity contribution in [3.8, 4) is 0 Å². The van der Waals surface area contributed by atoms with Crippen molar-refractivity contribution in [3.05, 3.63) is 68.4 Å². The van der Waals surface area contributed by atoms with E-state index in [9.17, 15) is 22.4 Å². The maximum Gasteiger partial charge on any atom is 0.435 e. The van der Waals surface area contributed by atoms with Gasteiger partial charge in [-0.25, -0.2) is 4.39 Å². The zero-order chi connectivity index (χ0) is 23.3. The average molecular weight is 490 g/mol. The third-order valence-electron chi connectivity index (χ3n) is 5.56. The maximum absolute atomic E-state index is 14.1. The molecule has 1 saturated heterocycles. The minimum absolute atomic E-state index is 0.0251. The fourth-order valence-corrected chi connectivity index (χ4v) is 4.09. The third kappa shape index (κ3) is 3.93. The summed E-state index contributed by atoms with van der Waals surface area (Å²) in [5.74, 6) is -1.28. The number of nitrogens with zero attached hydrogens (tertiary/aromatic N) is 1. The fraction of sp³-hybridized carbons (Fsp3) is 0.333. The molecule has 0 radical (unpaired) electrons. The van der Waals surface area contributed by atoms with Gasteiger partial charge in [-0.1, -0.05) is 34.4 Å². The molecule has 2 aliphatic rings. The number of oxime groups is 1. The van der Waals surface area contributed by atoms with Crippen LogP contribution in [0.5, 0.6) is 0 Å². The Kier molecular flexibility index (Phi) is 5.85. The molecule has 2 aliphatic heterocycles. The lowest BCUT2D eigenvalue weighted by Crippen LogP contribution is -2.57. The number of hydrogen-bond donors (Lipinski definition) is 2. The van der Waals surface area contributed by atoms with Crippen LogP contribution >= 0.6 is 23.2 Å². The maximum atomic E-state index is 14.1. The van der Waals surface area contributed by atoms with Gasteiger partial charge in [0.2, 0.25) is 0 Å². The van der Waals surface area contributed by atoms with Gasteiger partial charge in [-0.3, -0.25) is 4.79 Å². The molecule has 2 N–H and O–H groups in total. The zero-order valence-electron chi connectivity index (χ0n) is 16.6. The highest BCUT2D eigenvalue weighted by Gasteiger charge is 2.62. The molecule has 5 nitrogen and oxygen atoms in total. The Morgan fingerprint density at radius 3 is 2.41 bits per heavy atom. The molecule has 0 saturated carbocycles. The van der Waals surface area contributed by atoms with Crippen LogP contribution in [0.4, 0.5) is 17.6 Å². The molecule has 2 heterocycles. The van der Waals surface area contributed by atoms with Crippen LogP contribution in [0.2, 0.25) is 10.0 Å². The number of carbonyl (C=O) groups excluding carboxylic acids is 1. The van der Waals surface area contributed by atoms with E-state index in [4.69, 9.17) is 28.0 Å². The predicted molar refractivity (Wildman–Crippen MR) is 112 cm³/mol. The average Bonchev–Trinajstić information content (AvgIpc) is 3.15. The van der Waals surface area contributed by atoms with Crippen molar-refractivity contribution < 1.29 is 27.2 Å². The van der Waals surface area contributed by atoms with Crippen LogP contribution in [0.3, 0.4) is 0 Å². The molecule has 2 aromatic rings. The van der Waals surface area contributed by atoms with Crippen LogP contribution in [-0.2, 0) is 10.4 Å². The molecule has 1 amide bonds. The summed E-state index contributed by atoms with van der Waals surface area (Å²) in [7, 11) is 0. The van der Waals surface area contributed by atoms with Gasteiger partial charge in [-0.05, 0) is 42.3 Å². The van der Waals surface area contributed by atoms with Gasteiger partial charge in [0.05, 0.1) is 21.8 Å². The molecule has 11 heteroatoms. The molecule has 2 aromatic carbocycles. The van der Waals surface area contributed by atoms with E-state index in [0.717, 1.165) is 12.1 Å². The number of hydrogen-bond acceptors (Lipinski definition) is 4. The summed E-state index contributed by atoms with van der Waals surface area (Å²) in [6.45, 7) is 3.06. The molecule has 1 fully saturated rings. The van der Waals surface area contributed by atoms with Crippen LogP contribution in [-0.4, -0.2) is 36.9 Å². The van der Waals surface area contributed by atoms with E-state index >= 15 is 0 Å². The molecule has 0 bridgehead atoms. The minimum Gasteiger partial charge on any atom is -0.374 e. The lowest BCUT2D eigenvalue weighted by molar-refractivity contribution is -0.275. The van der Waals surface area contributed by atoms with Gasteiger partial charge in [-0.2, -0.15) is 13.2 Å². The van der Waals surface area contributed by atoms with Gasteiger partial charge in [0.15, 0.2) is 5.82 Å². The van der Waals surface area contributed by atoms with Crippen LogP contribution in [0, 0.1) is 12.7 Å². The smallest absolute Gasteiger partial charge is 0.374 e. The van der Waals surface area contributed by atoms with Gasteiger partial charge in [0.25, 0.3) is 11.5 Å². The van der Waals surface area contributed by atoms with Gasteiger partial charge in [-0.15, -0.1) is 0 Å². The SMILES string of the molecule is Cc1cc(C2=NO[C@@](c3cc(Cl)c(F)c(Cl)c3)(C(F)(F)F)C2)ccc1C(=O)NC1CNC1. The predicted octanol–water partition coefficient (Wildman–Crippen LogP) is 4.72. The van der Waals surface area contributed by atoms with Crippen molar-refractivity contribution >= 4 is 34.8 Å². The van der Waals surface area contributed by atoms with Crippen LogP contribution in [0.25, 0.3) is 0 Å². The number of nitrogens with one attached hydrogen (secondary N) is 2. The molecule has 0 spiro atoms. The zero-order valence-corrected chi connectivity index (χ0v) is 18.1. The molecule has 0 unspecified atom stereocenters. The Morgan fingerprint density at radius 2 is 1.88 bits per heavy atom. The number of rotatable bonds is 4. The summed E-state index contributed by atoms with van der Waals surface area (Å²) in [6.07, 6.45) is -5.57. The van der Waals surface area contributed by atoms with Crippen molar-refractivity contribution in [1.29, 1.82) is 0 Å². The number of benzene rings is 2. The van der Waals surface area contributed by atoms with Crippen LogP contribution in [0.1, 0.15) is 33.5 Å². The van der Waals surface area contributed by atoms with Crippen molar-refractivity contribution in [1.82, 2.24) is 10.6 Å². The fourth-order valence-electron chi connectivity index (χ4n) is 3.60. The monoisotopic (exact) mass is 489 g/mol. The van der Waals surface area contributed by atoms with Gasteiger partial charge >= 0.3 is 6.18 Å². The molecular weight excluding hydrogens is 473 g/mol. The van der Waals surface area contributed by atoms with Crippen LogP contribution < -0.4 is 10.6 Å². The molecule has 0 aliphatic carbocycles. The second-order valence-electron chi connectivity index (χ2n) is 7.74. The summed E-state index contributed by atoms with van der Waals surface area (Å²) in [5.41, 5.74) is -1.94. The first-order chi connectivity index (χ1) is 15.0. The normalized spacial score (nSPS) is 21.0. The second kappa shape index (κ2) is 8.20. The summed E-state index contributed by atoms with van der Waals surface area (Å²) in [4.78, 5) is 17.4. The van der Waals surface area contributed by atoms with Crippen molar-refractivity contribution in [2.24, 2.45) is 5.16 Å². The molecule has 32 heavy (non-hydrogen) atoms. The molecule has 0 aromatic heterocycles. The molecule has 4 rings (SSSR count). The van der Waals surface area contributed by atoms with Gasteiger partial charge in [0, 0.05) is 30.6 Å². The highest BCUT2D eigenvalue weighted by molar-refractivity contribution is 6.35. The first kappa shape index (κ1) is 22.8. The van der Waals surface area contributed by atoms with Gasteiger partial charge in [0.1, 0.15) is 0 Å². The van der Waals surface area contributed by atoms with Gasteiger partial charge < -0.3 is 15.5 Å². The van der Waals surface area contributed by atoms with E-state index in [0.29, 0.717) is 29.8 Å². The summed E-state index contributed by atoms with van der Waals surface area (Å²) in [5, 5.41) is 8.49. The largest absolute Gasteiger partial charge is 0.435 e. The summed E-state index contributed by atoms with van der Waals surface area (Å²) < 4.78 is 56.1. The first-order valence-electron chi connectivity index (χ1n) is 9.61. The Hall–Kier alpha value is -2.36. The minimum atomic E-state index is -4.89. The molecule has 1 atom stereocenters. The highest BCUT2D eigenvalue weighted by Crippen LogP contribution is 2.50. The molecular formula is C21H17Cl2F4N3O2. The lowest BCUT2D eigenvalue weighted by Gasteiger charge is -2.29. The number of alkyl halides is 3. The van der Waals surface area contributed by atoms with Crippen molar-refractivity contribution in [2.75, 3.05) is 13.1 Å². The van der Waals surface area contributed by atoms with Crippen molar-refractivity contribution in [3.63, 3.8) is 0 Å². The summed E-state index contributed by atoms with van der Waals surface area (Å²) >= 11 is 11.4. The standard InChI is InChI=1S/C21H17Cl2F4N3O2/c1-10-4-11(2-3-14(10)19(31)29-13-8-28-9-13)17-7-20(32-30-17,21(25,26)27)12-5-15(22)18(24)16(23)6-12/h2-6,13,28H,7-9H2,1H3,(H,29,31)/t20-/m0/s1. The van der Waals surface area contributed by atoms with E-state index in [1.165, 1.54) is 12.1 Å². The van der Waals surface area contributed by atoms with E-state index in [-0.39, 0.29) is 17.7 Å². The second-order valence-corrected chi connectivity index (χ2v) is 8.56. The van der Waals surface area contributed by atoms with E-state index in [1.54, 1.807) is 13.0 Å². The van der Waals surface area contributed by atoms with E-state index in [2.05, 4.69) is 15.8 Å². The van der Waals surface area contributed by atoms with Crippen molar-refractivity contribution in [2.45, 2.75) is 31.2 Å². The van der Waals surface area contributed by atoms with E-state index in [1.807, 2.05) is 0 Å². The quantitative estimate of drug-likeness (QED) is 0.482. The number of halogens is 6. The lowest BCUT2D eigenvalue weighted by atomic mass is 9.86. The third-order valence-corrected chi connectivity index (χ3v) is 6.11. The topological polar surface area (TPSA) is 62.7 Å². The van der Waals surface area contributed by atoms with Crippen LogP contribution in [0.15, 0.2) is 35.5 Å². The summed E-state index contributed by atoms with van der Waals surface area (Å²) in [6, 6.07) is 6.35. The Labute approximate surface area is 190 Å². The first-order valence-corrected chi connectivity index (χ1v) is 10.4. The molecule has 170 valence electrons. The number of carbonyl (C=O) groups is 1. The Morgan fingerprint density at radius 1 is 1.22 bits per heavy atom. The van der Waals surface area contributed by atoms with E-state index < -0.39 is 39.6 Å².